The number of ether oxygens (including phenoxy) is 2. The number of halogens is 1. The van der Waals surface area contributed by atoms with E-state index in [1.54, 1.807) is 0 Å². The fourth-order valence-corrected chi connectivity index (χ4v) is 2.97. The summed E-state index contributed by atoms with van der Waals surface area (Å²) in [4.78, 5) is 4.42. The van der Waals surface area contributed by atoms with Crippen LogP contribution in [0.25, 0.3) is 11.3 Å². The van der Waals surface area contributed by atoms with Crippen molar-refractivity contribution in [1.29, 1.82) is 0 Å². The predicted octanol–water partition coefficient (Wildman–Crippen LogP) is 2.35. The lowest BCUT2D eigenvalue weighted by molar-refractivity contribution is 0.174. The van der Waals surface area contributed by atoms with E-state index in [2.05, 4.69) is 20.9 Å². The Bertz CT molecular complexity index is 652. The molecule has 1 aromatic carbocycles. The number of hydrogen-bond acceptors (Lipinski definition) is 4. The first kappa shape index (κ1) is 12.5. The number of aromatic nitrogens is 2. The Morgan fingerprint density at radius 2 is 2.05 bits per heavy atom. The van der Waals surface area contributed by atoms with Crippen molar-refractivity contribution >= 4 is 15.9 Å². The number of aryl methyl sites for hydroxylation is 1. The van der Waals surface area contributed by atoms with Gasteiger partial charge in [0.15, 0.2) is 11.5 Å². The van der Waals surface area contributed by atoms with Crippen LogP contribution in [0.3, 0.4) is 0 Å². The van der Waals surface area contributed by atoms with Gasteiger partial charge >= 0.3 is 0 Å². The van der Waals surface area contributed by atoms with E-state index in [9.17, 15) is 0 Å². The summed E-state index contributed by atoms with van der Waals surface area (Å²) >= 11 is 3.50. The van der Waals surface area contributed by atoms with E-state index in [-0.39, 0.29) is 6.79 Å². The molecule has 0 bridgehead atoms. The number of fused-ring (bicyclic) bond motifs is 1. The minimum absolute atomic E-state index is 0.277. The van der Waals surface area contributed by atoms with Crippen LogP contribution in [0.15, 0.2) is 16.7 Å². The molecule has 6 heteroatoms. The Kier molecular flexibility index (Phi) is 2.99. The van der Waals surface area contributed by atoms with Gasteiger partial charge in [0.25, 0.3) is 0 Å². The summed E-state index contributed by atoms with van der Waals surface area (Å²) in [6, 6.07) is 3.97. The SMILES string of the molecule is Cc1cc2c(cc1-c1c(Br)nc(CN)n1C)OCO2. The second kappa shape index (κ2) is 4.54. The molecular formula is C13H14BrN3O2. The van der Waals surface area contributed by atoms with Gasteiger partial charge in [-0.15, -0.1) is 0 Å². The van der Waals surface area contributed by atoms with Crippen LogP contribution in [0, 0.1) is 6.92 Å². The van der Waals surface area contributed by atoms with Gasteiger partial charge in [-0.05, 0) is 40.5 Å². The van der Waals surface area contributed by atoms with E-state index in [0.717, 1.165) is 38.7 Å². The molecule has 0 radical (unpaired) electrons. The number of imidazole rings is 1. The smallest absolute Gasteiger partial charge is 0.231 e. The van der Waals surface area contributed by atoms with Crippen molar-refractivity contribution in [3.05, 3.63) is 28.1 Å². The highest BCUT2D eigenvalue weighted by Gasteiger charge is 2.20. The van der Waals surface area contributed by atoms with Gasteiger partial charge in [0, 0.05) is 12.6 Å². The first-order valence-electron chi connectivity index (χ1n) is 5.93. The lowest BCUT2D eigenvalue weighted by atomic mass is 10.1. The molecule has 1 aliphatic heterocycles. The van der Waals surface area contributed by atoms with Crippen LogP contribution < -0.4 is 15.2 Å². The molecule has 0 atom stereocenters. The summed E-state index contributed by atoms with van der Waals surface area (Å²) in [5, 5.41) is 0. The van der Waals surface area contributed by atoms with Crippen molar-refractivity contribution in [2.24, 2.45) is 12.8 Å². The molecule has 100 valence electrons. The van der Waals surface area contributed by atoms with Gasteiger partial charge in [-0.25, -0.2) is 4.98 Å². The minimum Gasteiger partial charge on any atom is -0.454 e. The Balaban J connectivity index is 2.20. The summed E-state index contributed by atoms with van der Waals surface area (Å²) in [5.74, 6) is 2.39. The van der Waals surface area contributed by atoms with Gasteiger partial charge in [-0.2, -0.15) is 0 Å². The third kappa shape index (κ3) is 1.91. The number of hydrogen-bond donors (Lipinski definition) is 1. The maximum Gasteiger partial charge on any atom is 0.231 e. The Morgan fingerprint density at radius 3 is 2.68 bits per heavy atom. The number of nitrogens with two attached hydrogens (primary N) is 1. The summed E-state index contributed by atoms with van der Waals surface area (Å²) in [7, 11) is 1.96. The first-order valence-corrected chi connectivity index (χ1v) is 6.73. The third-order valence-electron chi connectivity index (χ3n) is 3.30. The van der Waals surface area contributed by atoms with Crippen LogP contribution >= 0.6 is 15.9 Å². The van der Waals surface area contributed by atoms with E-state index in [1.165, 1.54) is 0 Å². The van der Waals surface area contributed by atoms with E-state index in [4.69, 9.17) is 15.2 Å². The molecule has 3 rings (SSSR count). The fourth-order valence-electron chi connectivity index (χ4n) is 2.28. The highest BCUT2D eigenvalue weighted by Crippen LogP contribution is 2.40. The zero-order chi connectivity index (χ0) is 13.6. The molecule has 2 aromatic rings. The standard InChI is InChI=1S/C13H14BrN3O2/c1-7-3-9-10(19-6-18-9)4-8(7)12-13(14)16-11(5-15)17(12)2/h3-4H,5-6,15H2,1-2H3. The molecule has 1 aliphatic rings. The average molecular weight is 324 g/mol. The Labute approximate surface area is 119 Å². The van der Waals surface area contributed by atoms with E-state index in [1.807, 2.05) is 30.7 Å². The predicted molar refractivity (Wildman–Crippen MR) is 75.1 cm³/mol. The van der Waals surface area contributed by atoms with Gasteiger partial charge in [-0.3, -0.25) is 0 Å². The quantitative estimate of drug-likeness (QED) is 0.921. The summed E-state index contributed by atoms with van der Waals surface area (Å²) < 4.78 is 13.6. The molecular weight excluding hydrogens is 310 g/mol. The molecule has 5 nitrogen and oxygen atoms in total. The summed E-state index contributed by atoms with van der Waals surface area (Å²) in [6.45, 7) is 2.72. The molecule has 0 spiro atoms. The molecule has 0 unspecified atom stereocenters. The van der Waals surface area contributed by atoms with Gasteiger partial charge in [0.05, 0.1) is 12.2 Å². The van der Waals surface area contributed by atoms with Gasteiger partial charge in [0.1, 0.15) is 10.4 Å². The van der Waals surface area contributed by atoms with Crippen molar-refractivity contribution in [3.63, 3.8) is 0 Å². The van der Waals surface area contributed by atoms with Crippen LogP contribution in [-0.4, -0.2) is 16.3 Å². The number of nitrogens with zero attached hydrogens (tertiary/aromatic N) is 2. The highest BCUT2D eigenvalue weighted by atomic mass is 79.9. The van der Waals surface area contributed by atoms with E-state index in [0.29, 0.717) is 6.54 Å². The van der Waals surface area contributed by atoms with E-state index >= 15 is 0 Å². The minimum atomic E-state index is 0.277. The molecule has 0 aliphatic carbocycles. The zero-order valence-corrected chi connectivity index (χ0v) is 12.3. The van der Waals surface area contributed by atoms with Crippen LogP contribution in [0.2, 0.25) is 0 Å². The maximum atomic E-state index is 5.69. The second-order valence-electron chi connectivity index (χ2n) is 4.45. The molecule has 0 fully saturated rings. The monoisotopic (exact) mass is 323 g/mol. The third-order valence-corrected chi connectivity index (χ3v) is 3.86. The molecule has 19 heavy (non-hydrogen) atoms. The van der Waals surface area contributed by atoms with Crippen LogP contribution in [-0.2, 0) is 13.6 Å². The molecule has 0 amide bonds. The fraction of sp³-hybridized carbons (Fsp3) is 0.308. The second-order valence-corrected chi connectivity index (χ2v) is 5.20. The van der Waals surface area contributed by atoms with E-state index < -0.39 is 0 Å². The molecule has 2 heterocycles. The highest BCUT2D eigenvalue weighted by molar-refractivity contribution is 9.10. The Hall–Kier alpha value is -1.53. The zero-order valence-electron chi connectivity index (χ0n) is 10.7. The van der Waals surface area contributed by atoms with Gasteiger partial charge in [-0.1, -0.05) is 0 Å². The van der Waals surface area contributed by atoms with Gasteiger partial charge in [0.2, 0.25) is 6.79 Å². The van der Waals surface area contributed by atoms with Crippen LogP contribution in [0.4, 0.5) is 0 Å². The molecule has 2 N–H and O–H groups in total. The number of rotatable bonds is 2. The number of benzene rings is 1. The van der Waals surface area contributed by atoms with Gasteiger partial charge < -0.3 is 19.8 Å². The lowest BCUT2D eigenvalue weighted by Crippen LogP contribution is -2.05. The lowest BCUT2D eigenvalue weighted by Gasteiger charge is -2.10. The molecule has 0 saturated carbocycles. The van der Waals surface area contributed by atoms with Crippen molar-refractivity contribution in [2.75, 3.05) is 6.79 Å². The largest absolute Gasteiger partial charge is 0.454 e. The topological polar surface area (TPSA) is 62.3 Å². The summed E-state index contributed by atoms with van der Waals surface area (Å²) in [6.07, 6.45) is 0. The van der Waals surface area contributed by atoms with Crippen molar-refractivity contribution in [2.45, 2.75) is 13.5 Å². The van der Waals surface area contributed by atoms with Crippen molar-refractivity contribution in [1.82, 2.24) is 9.55 Å². The normalized spacial score (nSPS) is 13.1. The maximum absolute atomic E-state index is 5.69. The molecule has 0 saturated heterocycles. The first-order chi connectivity index (χ1) is 9.11. The van der Waals surface area contributed by atoms with Crippen molar-refractivity contribution < 1.29 is 9.47 Å². The van der Waals surface area contributed by atoms with Crippen LogP contribution in [0.1, 0.15) is 11.4 Å². The average Bonchev–Trinajstić information content (AvgIpc) is 2.93. The Morgan fingerprint density at radius 1 is 1.37 bits per heavy atom. The summed E-state index contributed by atoms with van der Waals surface area (Å²) in [5.41, 5.74) is 8.86. The molecule has 1 aromatic heterocycles. The van der Waals surface area contributed by atoms with Crippen LogP contribution in [0.5, 0.6) is 11.5 Å². The van der Waals surface area contributed by atoms with Crippen molar-refractivity contribution in [3.8, 4) is 22.8 Å².